The van der Waals surface area contributed by atoms with Crippen LogP contribution in [0.5, 0.6) is 0 Å². The summed E-state index contributed by atoms with van der Waals surface area (Å²) in [4.78, 5) is 4.52. The monoisotopic (exact) mass is 261 g/mol. The fourth-order valence-electron chi connectivity index (χ4n) is 2.67. The Hall–Kier alpha value is -1.13. The highest BCUT2D eigenvalue weighted by atomic mass is 32.1. The molecular weight excluding hydrogens is 242 g/mol. The van der Waals surface area contributed by atoms with Gasteiger partial charge < -0.3 is 10.3 Å². The van der Waals surface area contributed by atoms with Crippen LogP contribution >= 0.6 is 11.3 Å². The van der Waals surface area contributed by atoms with E-state index in [0.717, 1.165) is 18.7 Å². The fraction of sp³-hybridized carbons (Fsp3) is 0.500. The van der Waals surface area contributed by atoms with Crippen LogP contribution in [-0.2, 0) is 13.0 Å². The van der Waals surface area contributed by atoms with Crippen molar-refractivity contribution in [1.29, 1.82) is 0 Å². The maximum atomic E-state index is 6.23. The lowest BCUT2D eigenvalue weighted by molar-refractivity contribution is 0.610. The Balaban J connectivity index is 1.84. The third kappa shape index (κ3) is 2.35. The SMILES string of the molecule is Cc1csc(Cn2cc3c(c2)C(N)CCCC3)n1. The summed E-state index contributed by atoms with van der Waals surface area (Å²) in [6.45, 7) is 2.92. The van der Waals surface area contributed by atoms with E-state index in [2.05, 4.69) is 27.3 Å². The molecule has 0 aliphatic heterocycles. The van der Waals surface area contributed by atoms with Gasteiger partial charge in [0.05, 0.1) is 6.54 Å². The van der Waals surface area contributed by atoms with Gasteiger partial charge >= 0.3 is 0 Å². The average molecular weight is 261 g/mol. The molecule has 0 fully saturated rings. The quantitative estimate of drug-likeness (QED) is 0.844. The first-order chi connectivity index (χ1) is 8.72. The Bertz CT molecular complexity index is 541. The van der Waals surface area contributed by atoms with Gasteiger partial charge in [-0.1, -0.05) is 6.42 Å². The molecule has 2 aromatic heterocycles. The van der Waals surface area contributed by atoms with E-state index in [1.807, 2.05) is 6.92 Å². The van der Waals surface area contributed by atoms with Crippen LogP contribution in [-0.4, -0.2) is 9.55 Å². The molecule has 0 radical (unpaired) electrons. The second-order valence-corrected chi connectivity index (χ2v) is 6.09. The molecule has 96 valence electrons. The van der Waals surface area contributed by atoms with Crippen molar-refractivity contribution in [2.24, 2.45) is 5.73 Å². The Morgan fingerprint density at radius 2 is 2.33 bits per heavy atom. The van der Waals surface area contributed by atoms with Crippen LogP contribution in [0.1, 0.15) is 47.1 Å². The molecule has 2 N–H and O–H groups in total. The normalized spacial score (nSPS) is 19.6. The van der Waals surface area contributed by atoms with Gasteiger partial charge in [-0.25, -0.2) is 4.98 Å². The highest BCUT2D eigenvalue weighted by Crippen LogP contribution is 2.28. The van der Waals surface area contributed by atoms with E-state index in [1.54, 1.807) is 11.3 Å². The second-order valence-electron chi connectivity index (χ2n) is 5.15. The number of thiazole rings is 1. The van der Waals surface area contributed by atoms with Crippen LogP contribution in [0.25, 0.3) is 0 Å². The predicted molar refractivity (Wildman–Crippen MR) is 74.9 cm³/mol. The minimum absolute atomic E-state index is 0.224. The van der Waals surface area contributed by atoms with Crippen molar-refractivity contribution < 1.29 is 0 Å². The van der Waals surface area contributed by atoms with Gasteiger partial charge in [0, 0.05) is 29.5 Å². The third-order valence-electron chi connectivity index (χ3n) is 3.59. The largest absolute Gasteiger partial charge is 0.347 e. The lowest BCUT2D eigenvalue weighted by Gasteiger charge is -2.07. The number of hydrogen-bond donors (Lipinski definition) is 1. The Morgan fingerprint density at radius 3 is 3.11 bits per heavy atom. The van der Waals surface area contributed by atoms with E-state index in [-0.39, 0.29) is 6.04 Å². The Labute approximate surface area is 112 Å². The average Bonchev–Trinajstić information content (AvgIpc) is 2.88. The number of hydrogen-bond acceptors (Lipinski definition) is 3. The van der Waals surface area contributed by atoms with Gasteiger partial charge in [-0.3, -0.25) is 0 Å². The van der Waals surface area contributed by atoms with Crippen molar-refractivity contribution in [3.8, 4) is 0 Å². The van der Waals surface area contributed by atoms with Crippen LogP contribution in [0.15, 0.2) is 17.8 Å². The first kappa shape index (κ1) is 11.9. The van der Waals surface area contributed by atoms with Crippen molar-refractivity contribution in [3.05, 3.63) is 39.6 Å². The van der Waals surface area contributed by atoms with Gasteiger partial charge in [0.2, 0.25) is 0 Å². The van der Waals surface area contributed by atoms with Crippen molar-refractivity contribution in [2.45, 2.75) is 45.2 Å². The molecule has 2 aromatic rings. The highest BCUT2D eigenvalue weighted by molar-refractivity contribution is 7.09. The molecule has 2 heterocycles. The number of aryl methyl sites for hydroxylation is 2. The topological polar surface area (TPSA) is 43.8 Å². The van der Waals surface area contributed by atoms with Crippen LogP contribution in [0.4, 0.5) is 0 Å². The zero-order valence-electron chi connectivity index (χ0n) is 10.7. The molecule has 0 bridgehead atoms. The Kier molecular flexibility index (Phi) is 3.22. The van der Waals surface area contributed by atoms with E-state index in [1.165, 1.54) is 35.4 Å². The molecule has 0 amide bonds. The number of rotatable bonds is 2. The summed E-state index contributed by atoms with van der Waals surface area (Å²) in [7, 11) is 0. The van der Waals surface area contributed by atoms with E-state index < -0.39 is 0 Å². The Morgan fingerprint density at radius 1 is 1.44 bits per heavy atom. The summed E-state index contributed by atoms with van der Waals surface area (Å²) in [6.07, 6.45) is 9.29. The molecule has 1 atom stereocenters. The molecule has 3 nitrogen and oxygen atoms in total. The third-order valence-corrected chi connectivity index (χ3v) is 4.54. The van der Waals surface area contributed by atoms with Crippen molar-refractivity contribution in [1.82, 2.24) is 9.55 Å². The molecule has 1 aliphatic rings. The van der Waals surface area contributed by atoms with Gasteiger partial charge in [0.1, 0.15) is 5.01 Å². The maximum Gasteiger partial charge on any atom is 0.113 e. The molecule has 1 unspecified atom stereocenters. The van der Waals surface area contributed by atoms with Gasteiger partial charge in [0.15, 0.2) is 0 Å². The standard InChI is InChI=1S/C14H19N3S/c1-10-9-18-14(16-10)8-17-6-11-4-2-3-5-13(15)12(11)7-17/h6-7,9,13H,2-5,8,15H2,1H3. The lowest BCUT2D eigenvalue weighted by atomic mass is 10.1. The van der Waals surface area contributed by atoms with Crippen LogP contribution in [0, 0.1) is 6.92 Å². The van der Waals surface area contributed by atoms with E-state index in [9.17, 15) is 0 Å². The predicted octanol–water partition coefficient (Wildman–Crippen LogP) is 3.03. The first-order valence-electron chi connectivity index (χ1n) is 6.57. The van der Waals surface area contributed by atoms with Gasteiger partial charge in [-0.2, -0.15) is 0 Å². The maximum absolute atomic E-state index is 6.23. The number of fused-ring (bicyclic) bond motifs is 1. The van der Waals surface area contributed by atoms with E-state index in [0.29, 0.717) is 0 Å². The lowest BCUT2D eigenvalue weighted by Crippen LogP contribution is -2.09. The highest BCUT2D eigenvalue weighted by Gasteiger charge is 2.17. The van der Waals surface area contributed by atoms with Crippen molar-refractivity contribution in [2.75, 3.05) is 0 Å². The molecule has 0 aromatic carbocycles. The molecule has 0 spiro atoms. The molecule has 1 aliphatic carbocycles. The fourth-order valence-corrected chi connectivity index (χ4v) is 3.45. The van der Waals surface area contributed by atoms with E-state index >= 15 is 0 Å². The van der Waals surface area contributed by atoms with Crippen LogP contribution < -0.4 is 5.73 Å². The number of nitrogens with zero attached hydrogens (tertiary/aromatic N) is 2. The minimum Gasteiger partial charge on any atom is -0.347 e. The van der Waals surface area contributed by atoms with E-state index in [4.69, 9.17) is 5.73 Å². The summed E-state index contributed by atoms with van der Waals surface area (Å²) >= 11 is 1.73. The van der Waals surface area contributed by atoms with Gasteiger partial charge in [-0.05, 0) is 37.3 Å². The first-order valence-corrected chi connectivity index (χ1v) is 7.45. The summed E-state index contributed by atoms with van der Waals surface area (Å²) < 4.78 is 2.24. The summed E-state index contributed by atoms with van der Waals surface area (Å²) in [6, 6.07) is 0.224. The van der Waals surface area contributed by atoms with Crippen molar-refractivity contribution in [3.63, 3.8) is 0 Å². The second kappa shape index (κ2) is 4.86. The van der Waals surface area contributed by atoms with Crippen LogP contribution in [0.3, 0.4) is 0 Å². The summed E-state index contributed by atoms with van der Waals surface area (Å²) in [5.74, 6) is 0. The number of aromatic nitrogens is 2. The van der Waals surface area contributed by atoms with Crippen LogP contribution in [0.2, 0.25) is 0 Å². The smallest absolute Gasteiger partial charge is 0.113 e. The molecule has 0 saturated carbocycles. The zero-order valence-corrected chi connectivity index (χ0v) is 11.5. The molecule has 18 heavy (non-hydrogen) atoms. The van der Waals surface area contributed by atoms with Gasteiger partial charge in [0.25, 0.3) is 0 Å². The summed E-state index contributed by atoms with van der Waals surface area (Å²) in [5.41, 5.74) is 10.1. The molecule has 4 heteroatoms. The number of nitrogens with two attached hydrogens (primary N) is 1. The van der Waals surface area contributed by atoms with Gasteiger partial charge in [-0.15, -0.1) is 11.3 Å². The van der Waals surface area contributed by atoms with Crippen molar-refractivity contribution >= 4 is 11.3 Å². The summed E-state index contributed by atoms with van der Waals surface area (Å²) in [5, 5.41) is 3.28. The molecule has 0 saturated heterocycles. The molecular formula is C14H19N3S. The minimum atomic E-state index is 0.224. The molecule has 3 rings (SSSR count). The zero-order chi connectivity index (χ0) is 12.5.